The molecule has 0 spiro atoms. The molecule has 0 heterocycles. The van der Waals surface area contributed by atoms with E-state index in [1.807, 2.05) is 6.07 Å². The van der Waals surface area contributed by atoms with Crippen LogP contribution < -0.4 is 4.74 Å². The van der Waals surface area contributed by atoms with Crippen LogP contribution >= 0.6 is 23.2 Å². The van der Waals surface area contributed by atoms with Gasteiger partial charge < -0.3 is 4.74 Å². The quantitative estimate of drug-likeness (QED) is 0.759. The summed E-state index contributed by atoms with van der Waals surface area (Å²) < 4.78 is 5.61. The van der Waals surface area contributed by atoms with Crippen LogP contribution in [0.25, 0.3) is 0 Å². The molecule has 0 aliphatic carbocycles. The van der Waals surface area contributed by atoms with E-state index in [-0.39, 0.29) is 5.78 Å². The highest BCUT2D eigenvalue weighted by Crippen LogP contribution is 2.23. The van der Waals surface area contributed by atoms with Gasteiger partial charge in [0.1, 0.15) is 12.4 Å². The van der Waals surface area contributed by atoms with E-state index in [1.54, 1.807) is 36.4 Å². The van der Waals surface area contributed by atoms with Gasteiger partial charge in [-0.1, -0.05) is 29.3 Å². The zero-order valence-corrected chi connectivity index (χ0v) is 11.8. The zero-order chi connectivity index (χ0) is 13.8. The van der Waals surface area contributed by atoms with Gasteiger partial charge in [0, 0.05) is 5.56 Å². The fraction of sp³-hybridized carbons (Fsp3) is 0.133. The van der Waals surface area contributed by atoms with Crippen LogP contribution in [-0.2, 0) is 6.61 Å². The van der Waals surface area contributed by atoms with Crippen molar-refractivity contribution in [2.24, 2.45) is 0 Å². The fourth-order valence-electron chi connectivity index (χ4n) is 1.58. The number of carbonyl (C=O) groups is 1. The molecule has 2 aromatic rings. The van der Waals surface area contributed by atoms with Crippen LogP contribution in [0.5, 0.6) is 5.75 Å². The average Bonchev–Trinajstić information content (AvgIpc) is 2.40. The molecule has 0 amide bonds. The first-order valence-corrected chi connectivity index (χ1v) is 6.49. The maximum atomic E-state index is 11.1. The molecule has 0 aliphatic rings. The SMILES string of the molecule is CC(=O)c1ccc(OCc2ccc(Cl)c(Cl)c2)cc1. The summed E-state index contributed by atoms with van der Waals surface area (Å²) in [5, 5.41) is 1.03. The molecule has 0 bridgehead atoms. The van der Waals surface area contributed by atoms with E-state index in [0.29, 0.717) is 28.0 Å². The molecule has 19 heavy (non-hydrogen) atoms. The smallest absolute Gasteiger partial charge is 0.159 e. The highest BCUT2D eigenvalue weighted by Gasteiger charge is 2.02. The van der Waals surface area contributed by atoms with Crippen molar-refractivity contribution >= 4 is 29.0 Å². The first-order chi connectivity index (χ1) is 9.06. The Morgan fingerprint density at radius 3 is 2.32 bits per heavy atom. The Bertz CT molecular complexity index is 592. The molecule has 2 nitrogen and oxygen atoms in total. The maximum Gasteiger partial charge on any atom is 0.159 e. The van der Waals surface area contributed by atoms with Crippen LogP contribution in [0, 0.1) is 0 Å². The minimum absolute atomic E-state index is 0.0380. The van der Waals surface area contributed by atoms with Gasteiger partial charge >= 0.3 is 0 Å². The number of ether oxygens (including phenoxy) is 1. The number of halogens is 2. The monoisotopic (exact) mass is 294 g/mol. The number of rotatable bonds is 4. The van der Waals surface area contributed by atoms with Crippen LogP contribution in [0.4, 0.5) is 0 Å². The van der Waals surface area contributed by atoms with Gasteiger partial charge in [0.05, 0.1) is 10.0 Å². The maximum absolute atomic E-state index is 11.1. The minimum Gasteiger partial charge on any atom is -0.489 e. The molecule has 2 rings (SSSR count). The van der Waals surface area contributed by atoms with E-state index in [4.69, 9.17) is 27.9 Å². The van der Waals surface area contributed by atoms with Gasteiger partial charge in [0.2, 0.25) is 0 Å². The molecule has 0 radical (unpaired) electrons. The van der Waals surface area contributed by atoms with Crippen molar-refractivity contribution in [3.63, 3.8) is 0 Å². The van der Waals surface area contributed by atoms with Crippen LogP contribution in [-0.4, -0.2) is 5.78 Å². The lowest BCUT2D eigenvalue weighted by Crippen LogP contribution is -1.96. The molecule has 0 aromatic heterocycles. The first-order valence-electron chi connectivity index (χ1n) is 5.74. The summed E-state index contributed by atoms with van der Waals surface area (Å²) >= 11 is 11.8. The van der Waals surface area contributed by atoms with Crippen molar-refractivity contribution in [2.75, 3.05) is 0 Å². The summed E-state index contributed by atoms with van der Waals surface area (Å²) in [4.78, 5) is 11.1. The molecule has 2 aromatic carbocycles. The molecule has 4 heteroatoms. The molecule has 0 aliphatic heterocycles. The summed E-state index contributed by atoms with van der Waals surface area (Å²) in [6.45, 7) is 1.93. The Labute approximate surface area is 121 Å². The summed E-state index contributed by atoms with van der Waals surface area (Å²) in [6, 6.07) is 12.4. The lowest BCUT2D eigenvalue weighted by atomic mass is 10.1. The molecule has 0 N–H and O–H groups in total. The molecule has 0 saturated carbocycles. The lowest BCUT2D eigenvalue weighted by molar-refractivity contribution is 0.101. The van der Waals surface area contributed by atoms with E-state index in [9.17, 15) is 4.79 Å². The summed E-state index contributed by atoms with van der Waals surface area (Å²) in [7, 11) is 0. The number of carbonyl (C=O) groups excluding carboxylic acids is 1. The molecule has 0 fully saturated rings. The normalized spacial score (nSPS) is 10.3. The highest BCUT2D eigenvalue weighted by atomic mass is 35.5. The third-order valence-electron chi connectivity index (χ3n) is 2.65. The molecule has 0 atom stereocenters. The van der Waals surface area contributed by atoms with Gasteiger partial charge in [-0.15, -0.1) is 0 Å². The summed E-state index contributed by atoms with van der Waals surface area (Å²) in [6.07, 6.45) is 0. The average molecular weight is 295 g/mol. The van der Waals surface area contributed by atoms with Crippen LogP contribution in [0.15, 0.2) is 42.5 Å². The standard InChI is InChI=1S/C15H12Cl2O2/c1-10(18)12-3-5-13(6-4-12)19-9-11-2-7-14(16)15(17)8-11/h2-8H,9H2,1H3. The van der Waals surface area contributed by atoms with Crippen molar-refractivity contribution < 1.29 is 9.53 Å². The Morgan fingerprint density at radius 2 is 1.74 bits per heavy atom. The summed E-state index contributed by atoms with van der Waals surface area (Å²) in [5.41, 5.74) is 1.60. The number of hydrogen-bond donors (Lipinski definition) is 0. The second-order valence-corrected chi connectivity index (χ2v) is 4.93. The molecule has 0 unspecified atom stereocenters. The summed E-state index contributed by atoms with van der Waals surface area (Å²) in [5.74, 6) is 0.743. The number of hydrogen-bond acceptors (Lipinski definition) is 2. The largest absolute Gasteiger partial charge is 0.489 e. The van der Waals surface area contributed by atoms with Crippen molar-refractivity contribution in [3.05, 3.63) is 63.6 Å². The Morgan fingerprint density at radius 1 is 1.05 bits per heavy atom. The van der Waals surface area contributed by atoms with E-state index in [0.717, 1.165) is 5.56 Å². The second-order valence-electron chi connectivity index (χ2n) is 4.12. The van der Waals surface area contributed by atoms with Gasteiger partial charge in [0.25, 0.3) is 0 Å². The predicted molar refractivity (Wildman–Crippen MR) is 77.2 cm³/mol. The lowest BCUT2D eigenvalue weighted by Gasteiger charge is -2.07. The second kappa shape index (κ2) is 6.09. The Hall–Kier alpha value is -1.51. The van der Waals surface area contributed by atoms with Gasteiger partial charge in [0.15, 0.2) is 5.78 Å². The Kier molecular flexibility index (Phi) is 4.46. The van der Waals surface area contributed by atoms with E-state index in [1.165, 1.54) is 6.92 Å². The Balaban J connectivity index is 2.01. The van der Waals surface area contributed by atoms with E-state index >= 15 is 0 Å². The number of Topliss-reactive ketones (excluding diaryl/α,β-unsaturated/α-hetero) is 1. The predicted octanol–water partition coefficient (Wildman–Crippen LogP) is 4.78. The number of benzene rings is 2. The van der Waals surface area contributed by atoms with Gasteiger partial charge in [-0.25, -0.2) is 0 Å². The fourth-order valence-corrected chi connectivity index (χ4v) is 1.90. The minimum atomic E-state index is 0.0380. The van der Waals surface area contributed by atoms with Crippen molar-refractivity contribution in [2.45, 2.75) is 13.5 Å². The van der Waals surface area contributed by atoms with Gasteiger partial charge in [-0.2, -0.15) is 0 Å². The van der Waals surface area contributed by atoms with Crippen molar-refractivity contribution in [3.8, 4) is 5.75 Å². The third kappa shape index (κ3) is 3.72. The van der Waals surface area contributed by atoms with Crippen LogP contribution in [0.2, 0.25) is 10.0 Å². The topological polar surface area (TPSA) is 26.3 Å². The van der Waals surface area contributed by atoms with Gasteiger partial charge in [-0.05, 0) is 48.9 Å². The van der Waals surface area contributed by atoms with Crippen LogP contribution in [0.3, 0.4) is 0 Å². The number of ketones is 1. The molecular weight excluding hydrogens is 283 g/mol. The molecular formula is C15H12Cl2O2. The van der Waals surface area contributed by atoms with Crippen molar-refractivity contribution in [1.29, 1.82) is 0 Å². The van der Waals surface area contributed by atoms with E-state index in [2.05, 4.69) is 0 Å². The van der Waals surface area contributed by atoms with Crippen LogP contribution in [0.1, 0.15) is 22.8 Å². The molecule has 0 saturated heterocycles. The van der Waals surface area contributed by atoms with Crippen molar-refractivity contribution in [1.82, 2.24) is 0 Å². The highest BCUT2D eigenvalue weighted by molar-refractivity contribution is 6.42. The third-order valence-corrected chi connectivity index (χ3v) is 3.39. The molecule has 98 valence electrons. The van der Waals surface area contributed by atoms with E-state index < -0.39 is 0 Å². The van der Waals surface area contributed by atoms with Gasteiger partial charge in [-0.3, -0.25) is 4.79 Å². The first kappa shape index (κ1) is 13.9. The zero-order valence-electron chi connectivity index (χ0n) is 10.3.